The van der Waals surface area contributed by atoms with Crippen molar-refractivity contribution in [1.82, 2.24) is 10.6 Å². The van der Waals surface area contributed by atoms with Crippen molar-refractivity contribution >= 4 is 5.91 Å². The topological polar surface area (TPSA) is 73.6 Å². The third-order valence-electron chi connectivity index (χ3n) is 3.22. The van der Waals surface area contributed by atoms with E-state index in [1.54, 1.807) is 6.07 Å². The second-order valence-electron chi connectivity index (χ2n) is 4.79. The van der Waals surface area contributed by atoms with Crippen LogP contribution in [-0.2, 0) is 9.57 Å². The molecule has 0 saturated carbocycles. The van der Waals surface area contributed by atoms with E-state index in [1.807, 2.05) is 30.3 Å². The van der Waals surface area contributed by atoms with E-state index in [-0.39, 0.29) is 12.1 Å². The number of carbonyl (C=O) groups excluding carboxylic acids is 1. The molecule has 2 aromatic rings. The van der Waals surface area contributed by atoms with Gasteiger partial charge in [-0.2, -0.15) is 0 Å². The summed E-state index contributed by atoms with van der Waals surface area (Å²) in [6.07, 6.45) is 2.43. The lowest BCUT2D eigenvalue weighted by Crippen LogP contribution is -2.32. The van der Waals surface area contributed by atoms with Gasteiger partial charge in [0.1, 0.15) is 5.69 Å². The van der Waals surface area contributed by atoms with Crippen molar-refractivity contribution in [3.05, 3.63) is 42.2 Å². The van der Waals surface area contributed by atoms with Crippen molar-refractivity contribution in [2.75, 3.05) is 6.61 Å². The fourth-order valence-electron chi connectivity index (χ4n) is 2.10. The predicted octanol–water partition coefficient (Wildman–Crippen LogP) is 2.53. The first-order valence-electron chi connectivity index (χ1n) is 6.92. The van der Waals surface area contributed by atoms with Crippen LogP contribution in [0.1, 0.15) is 29.8 Å². The summed E-state index contributed by atoms with van der Waals surface area (Å²) in [4.78, 5) is 17.1. The zero-order chi connectivity index (χ0) is 14.5. The molecule has 0 radical (unpaired) electrons. The number of carbonyl (C=O) groups is 1. The van der Waals surface area contributed by atoms with Gasteiger partial charge in [-0.05, 0) is 12.8 Å². The van der Waals surface area contributed by atoms with Crippen molar-refractivity contribution in [3.63, 3.8) is 0 Å². The molecule has 0 spiro atoms. The van der Waals surface area contributed by atoms with Crippen molar-refractivity contribution < 1.29 is 18.9 Å². The van der Waals surface area contributed by atoms with Gasteiger partial charge in [0, 0.05) is 24.7 Å². The Morgan fingerprint density at radius 2 is 2.14 bits per heavy atom. The van der Waals surface area contributed by atoms with Crippen molar-refractivity contribution in [2.24, 2.45) is 0 Å². The number of hydrogen-bond acceptors (Lipinski definition) is 5. The van der Waals surface area contributed by atoms with Gasteiger partial charge < -0.3 is 9.26 Å². The van der Waals surface area contributed by atoms with E-state index >= 15 is 0 Å². The first kappa shape index (κ1) is 13.8. The Bertz CT molecular complexity index is 591. The largest absolute Gasteiger partial charge is 0.350 e. The third-order valence-corrected chi connectivity index (χ3v) is 3.22. The Kier molecular flexibility index (Phi) is 4.28. The summed E-state index contributed by atoms with van der Waals surface area (Å²) in [7, 11) is 0. The van der Waals surface area contributed by atoms with Gasteiger partial charge in [-0.1, -0.05) is 35.5 Å². The molecule has 0 bridgehead atoms. The second-order valence-corrected chi connectivity index (χ2v) is 4.79. The zero-order valence-electron chi connectivity index (χ0n) is 11.5. The molecule has 1 aliphatic heterocycles. The van der Waals surface area contributed by atoms with Crippen LogP contribution in [0.15, 0.2) is 40.9 Å². The highest BCUT2D eigenvalue weighted by atomic mass is 16.8. The number of amides is 1. The van der Waals surface area contributed by atoms with Crippen LogP contribution in [-0.4, -0.2) is 24.0 Å². The highest BCUT2D eigenvalue weighted by molar-refractivity contribution is 5.91. The average molecular weight is 288 g/mol. The fourth-order valence-corrected chi connectivity index (χ4v) is 2.10. The van der Waals surface area contributed by atoms with Gasteiger partial charge in [-0.25, -0.2) is 10.3 Å². The summed E-state index contributed by atoms with van der Waals surface area (Å²) in [5.41, 5.74) is 3.83. The molecule has 3 rings (SSSR count). The maximum absolute atomic E-state index is 11.9. The number of aromatic nitrogens is 1. The molecule has 1 aliphatic rings. The first-order chi connectivity index (χ1) is 10.3. The van der Waals surface area contributed by atoms with Crippen LogP contribution in [0.4, 0.5) is 0 Å². The number of ether oxygens (including phenoxy) is 1. The average Bonchev–Trinajstić information content (AvgIpc) is 3.04. The smallest absolute Gasteiger partial charge is 0.313 e. The Morgan fingerprint density at radius 1 is 1.29 bits per heavy atom. The number of nitrogens with zero attached hydrogens (tertiary/aromatic N) is 1. The predicted molar refractivity (Wildman–Crippen MR) is 74.1 cm³/mol. The molecule has 1 unspecified atom stereocenters. The SMILES string of the molecule is O=C(NOC1CCCCO1)c1cc(-c2ccccc2)no1. The van der Waals surface area contributed by atoms with Crippen LogP contribution in [0, 0.1) is 0 Å². The van der Waals surface area contributed by atoms with Crippen LogP contribution in [0.5, 0.6) is 0 Å². The van der Waals surface area contributed by atoms with E-state index in [4.69, 9.17) is 14.1 Å². The lowest BCUT2D eigenvalue weighted by Gasteiger charge is -2.21. The molecule has 1 aromatic carbocycles. The Morgan fingerprint density at radius 3 is 2.90 bits per heavy atom. The van der Waals surface area contributed by atoms with E-state index in [2.05, 4.69) is 10.6 Å². The van der Waals surface area contributed by atoms with Crippen LogP contribution >= 0.6 is 0 Å². The molecule has 0 aliphatic carbocycles. The molecular formula is C15H16N2O4. The highest BCUT2D eigenvalue weighted by Gasteiger charge is 2.18. The van der Waals surface area contributed by atoms with Crippen LogP contribution in [0.25, 0.3) is 11.3 Å². The minimum Gasteiger partial charge on any atom is -0.350 e. The number of nitrogens with one attached hydrogen (secondary N) is 1. The lowest BCUT2D eigenvalue weighted by atomic mass is 10.1. The van der Waals surface area contributed by atoms with E-state index in [1.165, 1.54) is 0 Å². The van der Waals surface area contributed by atoms with Gasteiger partial charge in [0.05, 0.1) is 0 Å². The quantitative estimate of drug-likeness (QED) is 0.875. The normalized spacial score (nSPS) is 18.4. The summed E-state index contributed by atoms with van der Waals surface area (Å²) < 4.78 is 10.4. The van der Waals surface area contributed by atoms with E-state index < -0.39 is 5.91 Å². The molecule has 6 nitrogen and oxygen atoms in total. The van der Waals surface area contributed by atoms with Gasteiger partial charge in [0.25, 0.3) is 0 Å². The van der Waals surface area contributed by atoms with Crippen molar-refractivity contribution in [3.8, 4) is 11.3 Å². The second kappa shape index (κ2) is 6.51. The lowest BCUT2D eigenvalue weighted by molar-refractivity contribution is -0.187. The van der Waals surface area contributed by atoms with E-state index in [0.29, 0.717) is 12.3 Å². The Balaban J connectivity index is 1.59. The standard InChI is InChI=1S/C15H16N2O4/c18-15(17-21-14-8-4-5-9-19-14)13-10-12(16-20-13)11-6-2-1-3-7-11/h1-3,6-7,10,14H,4-5,8-9H2,(H,17,18). The van der Waals surface area contributed by atoms with Crippen LogP contribution in [0.2, 0.25) is 0 Å². The summed E-state index contributed by atoms with van der Waals surface area (Å²) in [6.45, 7) is 0.654. The number of hydrogen-bond donors (Lipinski definition) is 1. The molecule has 21 heavy (non-hydrogen) atoms. The van der Waals surface area contributed by atoms with Crippen molar-refractivity contribution in [2.45, 2.75) is 25.6 Å². The Labute approximate surface area is 122 Å². The minimum absolute atomic E-state index is 0.102. The van der Waals surface area contributed by atoms with Gasteiger partial charge in [-0.15, -0.1) is 0 Å². The van der Waals surface area contributed by atoms with Gasteiger partial charge >= 0.3 is 5.91 Å². The Hall–Kier alpha value is -2.18. The molecule has 1 saturated heterocycles. The monoisotopic (exact) mass is 288 g/mol. The van der Waals surface area contributed by atoms with Gasteiger partial charge in [0.15, 0.2) is 6.29 Å². The minimum atomic E-state index is -0.473. The van der Waals surface area contributed by atoms with E-state index in [9.17, 15) is 4.79 Å². The van der Waals surface area contributed by atoms with E-state index in [0.717, 1.165) is 24.8 Å². The van der Waals surface area contributed by atoms with Crippen molar-refractivity contribution in [1.29, 1.82) is 0 Å². The molecule has 1 N–H and O–H groups in total. The maximum Gasteiger partial charge on any atom is 0.313 e. The molecule has 1 amide bonds. The third kappa shape index (κ3) is 3.48. The van der Waals surface area contributed by atoms with Crippen LogP contribution in [0.3, 0.4) is 0 Å². The molecule has 6 heteroatoms. The fraction of sp³-hybridized carbons (Fsp3) is 0.333. The highest BCUT2D eigenvalue weighted by Crippen LogP contribution is 2.18. The summed E-state index contributed by atoms with van der Waals surface area (Å²) >= 11 is 0. The van der Waals surface area contributed by atoms with Gasteiger partial charge in [-0.3, -0.25) is 4.79 Å². The molecule has 1 aromatic heterocycles. The molecule has 1 atom stereocenters. The molecule has 1 fully saturated rings. The van der Waals surface area contributed by atoms with Gasteiger partial charge in [0.2, 0.25) is 5.76 Å². The zero-order valence-corrected chi connectivity index (χ0v) is 11.5. The number of rotatable bonds is 4. The molecule has 110 valence electrons. The first-order valence-corrected chi connectivity index (χ1v) is 6.92. The summed E-state index contributed by atoms with van der Waals surface area (Å²) in [5, 5.41) is 3.88. The molecule has 2 heterocycles. The summed E-state index contributed by atoms with van der Waals surface area (Å²) in [6, 6.07) is 11.1. The number of benzene rings is 1. The number of hydroxylamine groups is 1. The summed E-state index contributed by atoms with van der Waals surface area (Å²) in [5.74, 6) is -0.372. The molecular weight excluding hydrogens is 272 g/mol. The van der Waals surface area contributed by atoms with Crippen LogP contribution < -0.4 is 5.48 Å². The maximum atomic E-state index is 11.9.